The fourth-order valence-corrected chi connectivity index (χ4v) is 1.61. The van der Waals surface area contributed by atoms with Crippen molar-refractivity contribution in [2.45, 2.75) is 12.3 Å². The molecule has 1 aromatic rings. The van der Waals surface area contributed by atoms with E-state index in [0.717, 1.165) is 0 Å². The zero-order chi connectivity index (χ0) is 9.42. The summed E-state index contributed by atoms with van der Waals surface area (Å²) < 4.78 is 24.9. The third-order valence-corrected chi connectivity index (χ3v) is 2.28. The molecule has 1 aromatic carbocycles. The van der Waals surface area contributed by atoms with Gasteiger partial charge in [-0.1, -0.05) is 12.1 Å². The van der Waals surface area contributed by atoms with Gasteiger partial charge < -0.3 is 10.4 Å². The monoisotopic (exact) mass is 185 g/mol. The largest absolute Gasteiger partial charge is 0.506 e. The Bertz CT molecular complexity index is 327. The van der Waals surface area contributed by atoms with Gasteiger partial charge in [0.05, 0.1) is 11.6 Å². The first-order valence-electron chi connectivity index (χ1n) is 4.04. The van der Waals surface area contributed by atoms with E-state index in [2.05, 4.69) is 5.32 Å². The highest BCUT2D eigenvalue weighted by Crippen LogP contribution is 2.40. The lowest BCUT2D eigenvalue weighted by atomic mass is 10.0. The van der Waals surface area contributed by atoms with Crippen molar-refractivity contribution < 1.29 is 13.9 Å². The number of aromatic hydroxyl groups is 1. The maximum absolute atomic E-state index is 12.4. The van der Waals surface area contributed by atoms with Crippen molar-refractivity contribution in [2.75, 3.05) is 11.9 Å². The van der Waals surface area contributed by atoms with Crippen molar-refractivity contribution in [2.24, 2.45) is 0 Å². The van der Waals surface area contributed by atoms with Gasteiger partial charge in [0, 0.05) is 6.54 Å². The van der Waals surface area contributed by atoms with E-state index in [-0.39, 0.29) is 12.3 Å². The van der Waals surface area contributed by atoms with Crippen molar-refractivity contribution >= 4 is 5.69 Å². The molecule has 0 aromatic heterocycles. The number of alkyl halides is 2. The van der Waals surface area contributed by atoms with E-state index in [0.29, 0.717) is 11.3 Å². The number of anilines is 1. The second-order valence-electron chi connectivity index (χ2n) is 3.06. The number of rotatable bonds is 1. The standard InChI is InChI=1S/C9H9F2NO/c10-9(11)6-4-12-8-5(6)2-1-3-7(8)13/h1-3,6,9,12-13H,4H2. The SMILES string of the molecule is Oc1cccc2c1NCC2C(F)F. The Morgan fingerprint density at radius 3 is 2.92 bits per heavy atom. The Hall–Kier alpha value is -1.32. The van der Waals surface area contributed by atoms with Crippen LogP contribution in [-0.4, -0.2) is 18.1 Å². The molecule has 2 rings (SSSR count). The Balaban J connectivity index is 2.43. The minimum absolute atomic E-state index is 0.0423. The van der Waals surface area contributed by atoms with Gasteiger partial charge in [-0.3, -0.25) is 0 Å². The number of phenolic OH excluding ortho intramolecular Hbond substituents is 1. The van der Waals surface area contributed by atoms with Crippen LogP contribution in [0.3, 0.4) is 0 Å². The molecule has 4 heteroatoms. The Labute approximate surface area is 74.2 Å². The molecule has 0 saturated carbocycles. The second kappa shape index (κ2) is 2.87. The van der Waals surface area contributed by atoms with Gasteiger partial charge in [0.2, 0.25) is 6.43 Å². The number of halogens is 2. The van der Waals surface area contributed by atoms with Crippen LogP contribution in [0.5, 0.6) is 5.75 Å². The Morgan fingerprint density at radius 2 is 2.23 bits per heavy atom. The number of para-hydroxylation sites is 1. The lowest BCUT2D eigenvalue weighted by molar-refractivity contribution is 0.121. The average Bonchev–Trinajstić information content (AvgIpc) is 2.48. The molecular weight excluding hydrogens is 176 g/mol. The number of fused-ring (bicyclic) bond motifs is 1. The summed E-state index contributed by atoms with van der Waals surface area (Å²) in [6.45, 7) is 0.199. The lowest BCUT2D eigenvalue weighted by Gasteiger charge is -2.07. The van der Waals surface area contributed by atoms with Gasteiger partial charge >= 0.3 is 0 Å². The first kappa shape index (κ1) is 8.29. The van der Waals surface area contributed by atoms with Crippen LogP contribution < -0.4 is 5.32 Å². The highest BCUT2D eigenvalue weighted by atomic mass is 19.3. The molecule has 2 nitrogen and oxygen atoms in total. The molecule has 0 saturated heterocycles. The second-order valence-corrected chi connectivity index (χ2v) is 3.06. The fourth-order valence-electron chi connectivity index (χ4n) is 1.61. The summed E-state index contributed by atoms with van der Waals surface area (Å²) >= 11 is 0. The van der Waals surface area contributed by atoms with Crippen molar-refractivity contribution in [3.05, 3.63) is 23.8 Å². The molecule has 1 heterocycles. The normalized spacial score (nSPS) is 20.1. The van der Waals surface area contributed by atoms with Crippen LogP contribution in [-0.2, 0) is 0 Å². The van der Waals surface area contributed by atoms with Gasteiger partial charge in [-0.25, -0.2) is 8.78 Å². The third-order valence-electron chi connectivity index (χ3n) is 2.28. The predicted molar refractivity (Wildman–Crippen MR) is 45.3 cm³/mol. The van der Waals surface area contributed by atoms with E-state index in [4.69, 9.17) is 0 Å². The van der Waals surface area contributed by atoms with Crippen molar-refractivity contribution in [3.8, 4) is 5.75 Å². The van der Waals surface area contributed by atoms with Crippen molar-refractivity contribution in [1.82, 2.24) is 0 Å². The molecule has 0 aliphatic carbocycles. The molecule has 1 aliphatic rings. The maximum Gasteiger partial charge on any atom is 0.247 e. The van der Waals surface area contributed by atoms with Gasteiger partial charge in [0.1, 0.15) is 5.75 Å². The van der Waals surface area contributed by atoms with Crippen LogP contribution in [0.4, 0.5) is 14.5 Å². The zero-order valence-corrected chi connectivity index (χ0v) is 6.80. The molecule has 70 valence electrons. The summed E-state index contributed by atoms with van der Waals surface area (Å²) in [4.78, 5) is 0. The number of hydrogen-bond acceptors (Lipinski definition) is 2. The number of phenols is 1. The lowest BCUT2D eigenvalue weighted by Crippen LogP contribution is -2.10. The minimum Gasteiger partial charge on any atom is -0.506 e. The molecular formula is C9H9F2NO. The summed E-state index contributed by atoms with van der Waals surface area (Å²) in [6.07, 6.45) is -2.38. The molecule has 0 amide bonds. The van der Waals surface area contributed by atoms with Crippen LogP contribution in [0, 0.1) is 0 Å². The van der Waals surface area contributed by atoms with E-state index in [1.165, 1.54) is 6.07 Å². The van der Waals surface area contributed by atoms with Crippen LogP contribution >= 0.6 is 0 Å². The van der Waals surface area contributed by atoms with Crippen LogP contribution in [0.25, 0.3) is 0 Å². The summed E-state index contributed by atoms with van der Waals surface area (Å²) in [5.74, 6) is -0.747. The molecule has 1 aliphatic heterocycles. The minimum atomic E-state index is -2.38. The Kier molecular flexibility index (Phi) is 1.83. The molecule has 0 radical (unpaired) electrons. The smallest absolute Gasteiger partial charge is 0.247 e. The van der Waals surface area contributed by atoms with Gasteiger partial charge in [-0.15, -0.1) is 0 Å². The van der Waals surface area contributed by atoms with E-state index in [1.807, 2.05) is 0 Å². The number of hydrogen-bond donors (Lipinski definition) is 2. The Morgan fingerprint density at radius 1 is 1.46 bits per heavy atom. The van der Waals surface area contributed by atoms with Gasteiger partial charge in [0.25, 0.3) is 0 Å². The van der Waals surface area contributed by atoms with E-state index < -0.39 is 12.3 Å². The topological polar surface area (TPSA) is 32.3 Å². The van der Waals surface area contributed by atoms with E-state index in [1.54, 1.807) is 12.1 Å². The molecule has 1 atom stereocenters. The van der Waals surface area contributed by atoms with E-state index >= 15 is 0 Å². The van der Waals surface area contributed by atoms with Crippen LogP contribution in [0.1, 0.15) is 11.5 Å². The molecule has 0 fully saturated rings. The van der Waals surface area contributed by atoms with Crippen molar-refractivity contribution in [3.63, 3.8) is 0 Å². The zero-order valence-electron chi connectivity index (χ0n) is 6.80. The maximum atomic E-state index is 12.4. The molecule has 0 bridgehead atoms. The van der Waals surface area contributed by atoms with Gasteiger partial charge in [-0.05, 0) is 11.6 Å². The molecule has 2 N–H and O–H groups in total. The molecule has 13 heavy (non-hydrogen) atoms. The summed E-state index contributed by atoms with van der Waals surface area (Å²) in [6, 6.07) is 4.68. The van der Waals surface area contributed by atoms with Crippen molar-refractivity contribution in [1.29, 1.82) is 0 Å². The highest BCUT2D eigenvalue weighted by molar-refractivity contribution is 5.66. The molecule has 1 unspecified atom stereocenters. The fraction of sp³-hybridized carbons (Fsp3) is 0.333. The van der Waals surface area contributed by atoms with Crippen LogP contribution in [0.15, 0.2) is 18.2 Å². The predicted octanol–water partition coefficient (Wildman–Crippen LogP) is 2.17. The number of nitrogens with one attached hydrogen (secondary N) is 1. The average molecular weight is 185 g/mol. The van der Waals surface area contributed by atoms with Gasteiger partial charge in [-0.2, -0.15) is 0 Å². The number of benzene rings is 1. The third kappa shape index (κ3) is 1.22. The first-order chi connectivity index (χ1) is 6.20. The first-order valence-corrected chi connectivity index (χ1v) is 4.04. The van der Waals surface area contributed by atoms with Gasteiger partial charge in [0.15, 0.2) is 0 Å². The quantitative estimate of drug-likeness (QED) is 0.657. The highest BCUT2D eigenvalue weighted by Gasteiger charge is 2.30. The molecule has 0 spiro atoms. The summed E-state index contributed by atoms with van der Waals surface area (Å²) in [5, 5.41) is 12.1. The summed E-state index contributed by atoms with van der Waals surface area (Å²) in [5.41, 5.74) is 0.961. The van der Waals surface area contributed by atoms with Crippen LogP contribution in [0.2, 0.25) is 0 Å². The van der Waals surface area contributed by atoms with E-state index in [9.17, 15) is 13.9 Å². The summed E-state index contributed by atoms with van der Waals surface area (Å²) in [7, 11) is 0.